The van der Waals surface area contributed by atoms with Crippen molar-refractivity contribution in [2.24, 2.45) is 11.8 Å². The minimum atomic E-state index is -0.156. The summed E-state index contributed by atoms with van der Waals surface area (Å²) in [7, 11) is 0. The average molecular weight is 282 g/mol. The Bertz CT molecular complexity index is 348. The molecule has 2 fully saturated rings. The Morgan fingerprint density at radius 1 is 1.40 bits per heavy atom. The highest BCUT2D eigenvalue weighted by molar-refractivity contribution is 5.84. The molecule has 116 valence electrons. The third-order valence-corrected chi connectivity index (χ3v) is 4.43. The van der Waals surface area contributed by atoms with Crippen molar-refractivity contribution in [3.8, 4) is 0 Å². The summed E-state index contributed by atoms with van der Waals surface area (Å²) in [5.41, 5.74) is -0.156. The summed E-state index contributed by atoms with van der Waals surface area (Å²) >= 11 is 0. The molecule has 0 aromatic carbocycles. The normalized spacial score (nSPS) is 34.8. The SMILES string of the molecule is CC(C)CC1NC(C(C)C)N(CC2(C)CCCO2)C1=O. The summed E-state index contributed by atoms with van der Waals surface area (Å²) in [5.74, 6) is 1.21. The number of rotatable bonds is 5. The average Bonchev–Trinajstić information content (AvgIpc) is 2.88. The number of nitrogens with zero attached hydrogens (tertiary/aromatic N) is 1. The van der Waals surface area contributed by atoms with Crippen molar-refractivity contribution in [1.29, 1.82) is 0 Å². The third kappa shape index (κ3) is 3.34. The van der Waals surface area contributed by atoms with Crippen molar-refractivity contribution in [3.63, 3.8) is 0 Å². The molecule has 20 heavy (non-hydrogen) atoms. The Morgan fingerprint density at radius 2 is 2.10 bits per heavy atom. The summed E-state index contributed by atoms with van der Waals surface area (Å²) in [6.45, 7) is 12.4. The maximum Gasteiger partial charge on any atom is 0.241 e. The predicted molar refractivity (Wildman–Crippen MR) is 80.3 cm³/mol. The number of hydrogen-bond donors (Lipinski definition) is 1. The zero-order chi connectivity index (χ0) is 14.9. The first-order valence-electron chi connectivity index (χ1n) is 8.03. The highest BCUT2D eigenvalue weighted by atomic mass is 16.5. The second-order valence-electron chi connectivity index (χ2n) is 7.41. The van der Waals surface area contributed by atoms with E-state index in [0.717, 1.165) is 32.4 Å². The second-order valence-corrected chi connectivity index (χ2v) is 7.41. The van der Waals surface area contributed by atoms with Gasteiger partial charge in [-0.1, -0.05) is 27.7 Å². The number of carbonyl (C=O) groups excluding carboxylic acids is 1. The first kappa shape index (κ1) is 15.8. The number of ether oxygens (including phenoxy) is 1. The monoisotopic (exact) mass is 282 g/mol. The predicted octanol–water partition coefficient (Wildman–Crippen LogP) is 2.38. The van der Waals surface area contributed by atoms with Gasteiger partial charge < -0.3 is 9.64 Å². The van der Waals surface area contributed by atoms with E-state index in [-0.39, 0.29) is 23.7 Å². The number of carbonyl (C=O) groups is 1. The number of nitrogens with one attached hydrogen (secondary N) is 1. The van der Waals surface area contributed by atoms with Crippen LogP contribution < -0.4 is 5.32 Å². The fraction of sp³-hybridized carbons (Fsp3) is 0.938. The molecule has 1 amide bonds. The molecule has 0 aliphatic carbocycles. The lowest BCUT2D eigenvalue weighted by atomic mass is 10.0. The highest BCUT2D eigenvalue weighted by Gasteiger charge is 2.44. The molecule has 3 atom stereocenters. The summed E-state index contributed by atoms with van der Waals surface area (Å²) in [6, 6.07) is -0.0209. The third-order valence-electron chi connectivity index (χ3n) is 4.43. The molecule has 0 bridgehead atoms. The fourth-order valence-corrected chi connectivity index (χ4v) is 3.40. The second kappa shape index (κ2) is 6.02. The van der Waals surface area contributed by atoms with Crippen molar-refractivity contribution < 1.29 is 9.53 Å². The first-order chi connectivity index (χ1) is 9.32. The molecule has 0 spiro atoms. The van der Waals surface area contributed by atoms with Crippen LogP contribution in [0.25, 0.3) is 0 Å². The maximum atomic E-state index is 12.7. The minimum absolute atomic E-state index is 0.0209. The molecule has 2 heterocycles. The molecule has 2 aliphatic rings. The van der Waals surface area contributed by atoms with Gasteiger partial charge in [0.05, 0.1) is 24.4 Å². The number of hydrogen-bond acceptors (Lipinski definition) is 3. The fourth-order valence-electron chi connectivity index (χ4n) is 3.40. The van der Waals surface area contributed by atoms with Crippen LogP contribution in [0.3, 0.4) is 0 Å². The van der Waals surface area contributed by atoms with Crippen LogP contribution in [0.5, 0.6) is 0 Å². The molecule has 2 rings (SSSR count). The summed E-state index contributed by atoms with van der Waals surface area (Å²) in [5, 5.41) is 3.53. The van der Waals surface area contributed by atoms with E-state index >= 15 is 0 Å². The van der Waals surface area contributed by atoms with E-state index in [9.17, 15) is 4.79 Å². The molecule has 0 radical (unpaired) electrons. The van der Waals surface area contributed by atoms with Gasteiger partial charge in [0.15, 0.2) is 0 Å². The van der Waals surface area contributed by atoms with Crippen LogP contribution in [0.4, 0.5) is 0 Å². The van der Waals surface area contributed by atoms with Gasteiger partial charge in [-0.3, -0.25) is 10.1 Å². The van der Waals surface area contributed by atoms with Gasteiger partial charge >= 0.3 is 0 Å². The molecule has 3 unspecified atom stereocenters. The molecule has 0 saturated carbocycles. The Morgan fingerprint density at radius 3 is 2.60 bits per heavy atom. The molecule has 1 N–H and O–H groups in total. The minimum Gasteiger partial charge on any atom is -0.373 e. The van der Waals surface area contributed by atoms with Crippen LogP contribution >= 0.6 is 0 Å². The molecular formula is C16H30N2O2. The summed E-state index contributed by atoms with van der Waals surface area (Å²) in [4.78, 5) is 14.7. The first-order valence-corrected chi connectivity index (χ1v) is 8.03. The lowest BCUT2D eigenvalue weighted by molar-refractivity contribution is -0.134. The molecule has 4 heteroatoms. The molecule has 2 saturated heterocycles. The molecule has 2 aliphatic heterocycles. The van der Waals surface area contributed by atoms with E-state index < -0.39 is 0 Å². The van der Waals surface area contributed by atoms with Gasteiger partial charge in [0.2, 0.25) is 5.91 Å². The van der Waals surface area contributed by atoms with Gasteiger partial charge in [-0.25, -0.2) is 0 Å². The summed E-state index contributed by atoms with van der Waals surface area (Å²) < 4.78 is 5.87. The zero-order valence-electron chi connectivity index (χ0n) is 13.6. The standard InChI is InChI=1S/C16H30N2O2/c1-11(2)9-13-15(19)18(14(17-13)12(3)4)10-16(5)7-6-8-20-16/h11-14,17H,6-10H2,1-5H3. The lowest BCUT2D eigenvalue weighted by Gasteiger charge is -2.34. The van der Waals surface area contributed by atoms with Crippen LogP contribution in [0.1, 0.15) is 53.9 Å². The quantitative estimate of drug-likeness (QED) is 0.842. The molecular weight excluding hydrogens is 252 g/mol. The summed E-state index contributed by atoms with van der Waals surface area (Å²) in [6.07, 6.45) is 3.22. The topological polar surface area (TPSA) is 41.6 Å². The van der Waals surface area contributed by atoms with Gasteiger partial charge in [-0.2, -0.15) is 0 Å². The lowest BCUT2D eigenvalue weighted by Crippen LogP contribution is -2.48. The van der Waals surface area contributed by atoms with Crippen LogP contribution in [-0.2, 0) is 9.53 Å². The van der Waals surface area contributed by atoms with Crippen molar-refractivity contribution in [3.05, 3.63) is 0 Å². The van der Waals surface area contributed by atoms with Crippen molar-refractivity contribution >= 4 is 5.91 Å². The van der Waals surface area contributed by atoms with Crippen molar-refractivity contribution in [2.75, 3.05) is 13.2 Å². The van der Waals surface area contributed by atoms with E-state index in [4.69, 9.17) is 4.74 Å². The van der Waals surface area contributed by atoms with Gasteiger partial charge in [0, 0.05) is 6.61 Å². The Labute approximate surface area is 123 Å². The van der Waals surface area contributed by atoms with Crippen molar-refractivity contribution in [1.82, 2.24) is 10.2 Å². The van der Waals surface area contributed by atoms with Crippen molar-refractivity contribution in [2.45, 2.75) is 71.7 Å². The van der Waals surface area contributed by atoms with E-state index in [0.29, 0.717) is 11.8 Å². The van der Waals surface area contributed by atoms with E-state index in [1.54, 1.807) is 0 Å². The largest absolute Gasteiger partial charge is 0.373 e. The van der Waals surface area contributed by atoms with E-state index in [1.165, 1.54) is 0 Å². The zero-order valence-corrected chi connectivity index (χ0v) is 13.6. The molecule has 0 aromatic rings. The Balaban J connectivity index is 2.09. The Hall–Kier alpha value is -0.610. The Kier molecular flexibility index (Phi) is 4.75. The van der Waals surface area contributed by atoms with E-state index in [2.05, 4.69) is 39.9 Å². The van der Waals surface area contributed by atoms with E-state index in [1.807, 2.05) is 4.90 Å². The van der Waals surface area contributed by atoms with Gasteiger partial charge in [-0.15, -0.1) is 0 Å². The molecule has 0 aromatic heterocycles. The molecule has 4 nitrogen and oxygen atoms in total. The highest BCUT2D eigenvalue weighted by Crippen LogP contribution is 2.30. The van der Waals surface area contributed by atoms with Crippen LogP contribution in [0.15, 0.2) is 0 Å². The smallest absolute Gasteiger partial charge is 0.241 e. The van der Waals surface area contributed by atoms with Gasteiger partial charge in [0.1, 0.15) is 0 Å². The van der Waals surface area contributed by atoms with Gasteiger partial charge in [-0.05, 0) is 38.0 Å². The maximum absolute atomic E-state index is 12.7. The van der Waals surface area contributed by atoms with Crippen LogP contribution in [0.2, 0.25) is 0 Å². The number of amides is 1. The van der Waals surface area contributed by atoms with Crippen LogP contribution in [-0.4, -0.2) is 41.8 Å². The van der Waals surface area contributed by atoms with Crippen LogP contribution in [0, 0.1) is 11.8 Å². The van der Waals surface area contributed by atoms with Gasteiger partial charge in [0.25, 0.3) is 0 Å².